The maximum atomic E-state index is 6.15. The Morgan fingerprint density at radius 3 is 2.81 bits per heavy atom. The molecule has 3 rings (SSSR count). The highest BCUT2D eigenvalue weighted by molar-refractivity contribution is 6.31. The molecule has 0 aliphatic rings. The Labute approximate surface area is 126 Å². The van der Waals surface area contributed by atoms with Gasteiger partial charge in [0.05, 0.1) is 0 Å². The molecule has 0 unspecified atom stereocenters. The molecule has 0 saturated carbocycles. The summed E-state index contributed by atoms with van der Waals surface area (Å²) in [4.78, 5) is 8.43. The van der Waals surface area contributed by atoms with Gasteiger partial charge in [-0.05, 0) is 30.2 Å². The lowest BCUT2D eigenvalue weighted by Crippen LogP contribution is -2.12. The molecule has 0 amide bonds. The number of rotatable bonds is 3. The Balaban J connectivity index is 1.96. The maximum Gasteiger partial charge on any atom is 0.248 e. The summed E-state index contributed by atoms with van der Waals surface area (Å²) in [6.07, 6.45) is 3.42. The van der Waals surface area contributed by atoms with Gasteiger partial charge in [-0.2, -0.15) is 4.98 Å². The maximum absolute atomic E-state index is 6.15. The highest BCUT2D eigenvalue weighted by Crippen LogP contribution is 2.27. The summed E-state index contributed by atoms with van der Waals surface area (Å²) in [5.74, 6) is 0.791. The number of aromatic nitrogens is 3. The minimum absolute atomic E-state index is 0.321. The molecule has 6 heteroatoms. The van der Waals surface area contributed by atoms with Crippen LogP contribution in [0.15, 0.2) is 47.2 Å². The molecular formula is C15H13ClN4O. The van der Waals surface area contributed by atoms with Crippen molar-refractivity contribution in [3.63, 3.8) is 0 Å². The third kappa shape index (κ3) is 2.66. The van der Waals surface area contributed by atoms with Crippen molar-refractivity contribution >= 4 is 11.6 Å². The van der Waals surface area contributed by atoms with Crippen LogP contribution in [0.2, 0.25) is 5.02 Å². The van der Waals surface area contributed by atoms with Crippen molar-refractivity contribution in [1.82, 2.24) is 15.1 Å². The second kappa shape index (κ2) is 5.63. The molecule has 1 aromatic carbocycles. The number of aryl methyl sites for hydroxylation is 1. The predicted octanol–water partition coefficient (Wildman–Crippen LogP) is 3.14. The number of hydrogen-bond donors (Lipinski definition) is 1. The molecule has 0 saturated heterocycles. The fraction of sp³-hybridized carbons (Fsp3) is 0.133. The van der Waals surface area contributed by atoms with E-state index in [0.717, 1.165) is 16.7 Å². The summed E-state index contributed by atoms with van der Waals surface area (Å²) in [5, 5.41) is 4.55. The third-order valence-electron chi connectivity index (χ3n) is 3.23. The fourth-order valence-electron chi connectivity index (χ4n) is 2.03. The van der Waals surface area contributed by atoms with Crippen LogP contribution in [0, 0.1) is 6.92 Å². The molecule has 0 aliphatic heterocycles. The molecule has 106 valence electrons. The second-order valence-electron chi connectivity index (χ2n) is 4.65. The zero-order valence-electron chi connectivity index (χ0n) is 11.3. The van der Waals surface area contributed by atoms with Crippen molar-refractivity contribution in [2.45, 2.75) is 13.0 Å². The number of benzene rings is 1. The van der Waals surface area contributed by atoms with Gasteiger partial charge >= 0.3 is 0 Å². The molecule has 5 nitrogen and oxygen atoms in total. The van der Waals surface area contributed by atoms with Crippen LogP contribution in [0.1, 0.15) is 23.1 Å². The Kier molecular flexibility index (Phi) is 3.68. The molecule has 2 N–H and O–H groups in total. The van der Waals surface area contributed by atoms with Gasteiger partial charge in [-0.1, -0.05) is 35.0 Å². The van der Waals surface area contributed by atoms with Gasteiger partial charge in [0.2, 0.25) is 11.7 Å². The van der Waals surface area contributed by atoms with Gasteiger partial charge in [0.1, 0.15) is 6.04 Å². The van der Waals surface area contributed by atoms with Crippen molar-refractivity contribution in [2.24, 2.45) is 5.73 Å². The number of hydrogen-bond acceptors (Lipinski definition) is 5. The highest BCUT2D eigenvalue weighted by Gasteiger charge is 2.20. The number of nitrogens with two attached hydrogens (primary N) is 1. The number of halogens is 1. The van der Waals surface area contributed by atoms with Crippen LogP contribution in [-0.4, -0.2) is 15.1 Å². The molecule has 0 aliphatic carbocycles. The van der Waals surface area contributed by atoms with Crippen LogP contribution in [-0.2, 0) is 0 Å². The quantitative estimate of drug-likeness (QED) is 0.804. The topological polar surface area (TPSA) is 77.8 Å². The molecule has 1 atom stereocenters. The molecule has 0 fully saturated rings. The molecule has 21 heavy (non-hydrogen) atoms. The van der Waals surface area contributed by atoms with E-state index in [2.05, 4.69) is 15.1 Å². The van der Waals surface area contributed by atoms with Gasteiger partial charge in [0.25, 0.3) is 0 Å². The zero-order chi connectivity index (χ0) is 14.8. The van der Waals surface area contributed by atoms with E-state index < -0.39 is 6.04 Å². The van der Waals surface area contributed by atoms with E-state index in [1.807, 2.05) is 31.2 Å². The summed E-state index contributed by atoms with van der Waals surface area (Å²) >= 11 is 6.14. The Morgan fingerprint density at radius 2 is 2.05 bits per heavy atom. The molecule has 0 spiro atoms. The highest BCUT2D eigenvalue weighted by atomic mass is 35.5. The number of pyridine rings is 1. The summed E-state index contributed by atoms with van der Waals surface area (Å²) < 4.78 is 5.27. The predicted molar refractivity (Wildman–Crippen MR) is 79.7 cm³/mol. The van der Waals surface area contributed by atoms with Crippen molar-refractivity contribution in [2.75, 3.05) is 0 Å². The molecule has 3 aromatic rings. The fourth-order valence-corrected chi connectivity index (χ4v) is 2.28. The van der Waals surface area contributed by atoms with Gasteiger partial charge in [-0.15, -0.1) is 0 Å². The van der Waals surface area contributed by atoms with Gasteiger partial charge in [-0.3, -0.25) is 4.98 Å². The Morgan fingerprint density at radius 1 is 1.24 bits per heavy atom. The molecule has 0 radical (unpaired) electrons. The standard InChI is InChI=1S/C15H13ClN4O/c1-9-6-7-18-8-11(9)14-19-15(21-20-14)13(17)10-4-2-3-5-12(10)16/h2-8,13H,17H2,1H3/t13-/m1/s1. The van der Waals surface area contributed by atoms with Crippen LogP contribution in [0.25, 0.3) is 11.4 Å². The lowest BCUT2D eigenvalue weighted by Gasteiger charge is -2.08. The van der Waals surface area contributed by atoms with Crippen LogP contribution < -0.4 is 5.73 Å². The van der Waals surface area contributed by atoms with Crippen molar-refractivity contribution in [3.05, 3.63) is 64.8 Å². The third-order valence-corrected chi connectivity index (χ3v) is 3.57. The van der Waals surface area contributed by atoms with Crippen molar-refractivity contribution in [1.29, 1.82) is 0 Å². The van der Waals surface area contributed by atoms with E-state index >= 15 is 0 Å². The van der Waals surface area contributed by atoms with Crippen LogP contribution in [0.3, 0.4) is 0 Å². The first-order valence-corrected chi connectivity index (χ1v) is 6.79. The number of nitrogens with zero attached hydrogens (tertiary/aromatic N) is 3. The van der Waals surface area contributed by atoms with Gasteiger partial charge in [0.15, 0.2) is 0 Å². The molecule has 2 heterocycles. The van der Waals surface area contributed by atoms with Crippen molar-refractivity contribution in [3.8, 4) is 11.4 Å². The minimum Gasteiger partial charge on any atom is -0.337 e. The summed E-state index contributed by atoms with van der Waals surface area (Å²) in [7, 11) is 0. The van der Waals surface area contributed by atoms with Crippen molar-refractivity contribution < 1.29 is 4.52 Å². The van der Waals surface area contributed by atoms with Crippen LogP contribution >= 0.6 is 11.6 Å². The molecular weight excluding hydrogens is 288 g/mol. The average Bonchev–Trinajstić information content (AvgIpc) is 2.97. The normalized spacial score (nSPS) is 12.3. The van der Waals surface area contributed by atoms with E-state index in [1.54, 1.807) is 18.5 Å². The van der Waals surface area contributed by atoms with E-state index in [9.17, 15) is 0 Å². The van der Waals surface area contributed by atoms with E-state index in [4.69, 9.17) is 21.9 Å². The summed E-state index contributed by atoms with van der Waals surface area (Å²) in [6, 6.07) is 8.66. The lowest BCUT2D eigenvalue weighted by atomic mass is 10.1. The molecule has 0 bridgehead atoms. The summed E-state index contributed by atoms with van der Waals surface area (Å²) in [5.41, 5.74) is 8.73. The Hall–Kier alpha value is -2.24. The summed E-state index contributed by atoms with van der Waals surface area (Å²) in [6.45, 7) is 1.96. The zero-order valence-corrected chi connectivity index (χ0v) is 12.1. The van der Waals surface area contributed by atoms with Gasteiger partial charge in [-0.25, -0.2) is 0 Å². The first kappa shape index (κ1) is 13.7. The van der Waals surface area contributed by atoms with E-state index in [0.29, 0.717) is 16.7 Å². The van der Waals surface area contributed by atoms with E-state index in [1.165, 1.54) is 0 Å². The lowest BCUT2D eigenvalue weighted by molar-refractivity contribution is 0.367. The van der Waals surface area contributed by atoms with Crippen LogP contribution in [0.5, 0.6) is 0 Å². The Bertz CT molecular complexity index is 772. The first-order valence-electron chi connectivity index (χ1n) is 6.41. The average molecular weight is 301 g/mol. The monoisotopic (exact) mass is 300 g/mol. The van der Waals surface area contributed by atoms with E-state index in [-0.39, 0.29) is 0 Å². The smallest absolute Gasteiger partial charge is 0.248 e. The van der Waals surface area contributed by atoms with Gasteiger partial charge < -0.3 is 10.3 Å². The largest absolute Gasteiger partial charge is 0.337 e. The molecule has 2 aromatic heterocycles. The SMILES string of the molecule is Cc1ccncc1-c1noc([C@H](N)c2ccccc2Cl)n1. The minimum atomic E-state index is -0.558. The second-order valence-corrected chi connectivity index (χ2v) is 5.05. The van der Waals surface area contributed by atoms with Crippen LogP contribution in [0.4, 0.5) is 0 Å². The van der Waals surface area contributed by atoms with Gasteiger partial charge in [0, 0.05) is 23.0 Å². The first-order chi connectivity index (χ1) is 10.2.